The van der Waals surface area contributed by atoms with Gasteiger partial charge < -0.3 is 5.11 Å². The van der Waals surface area contributed by atoms with Crippen molar-refractivity contribution in [2.45, 2.75) is 21.6 Å². The zero-order valence-electron chi connectivity index (χ0n) is 10.9. The summed E-state index contributed by atoms with van der Waals surface area (Å²) in [5.41, 5.74) is 0. The zero-order valence-corrected chi connectivity index (χ0v) is 12.5. The van der Waals surface area contributed by atoms with Crippen molar-refractivity contribution < 1.29 is 13.5 Å². The summed E-state index contributed by atoms with van der Waals surface area (Å²) < 4.78 is 26.8. The maximum atomic E-state index is 12.1. The van der Waals surface area contributed by atoms with Gasteiger partial charge in [0.25, 0.3) is 0 Å². The Balaban J connectivity index is 2.42. The van der Waals surface area contributed by atoms with Gasteiger partial charge in [0.05, 0.1) is 9.79 Å². The smallest absolute Gasteiger partial charge is 0.241 e. The molecule has 20 heavy (non-hydrogen) atoms. The van der Waals surface area contributed by atoms with E-state index in [0.29, 0.717) is 16.3 Å². The first kappa shape index (κ1) is 14.9. The number of rotatable bonds is 5. The van der Waals surface area contributed by atoms with Gasteiger partial charge in [-0.05, 0) is 24.3 Å². The number of sulfonamides is 1. The van der Waals surface area contributed by atoms with E-state index in [9.17, 15) is 13.5 Å². The zero-order chi connectivity index (χ0) is 14.6. The number of benzene rings is 2. The van der Waals surface area contributed by atoms with Crippen LogP contribution in [0.1, 0.15) is 6.92 Å². The second kappa shape index (κ2) is 6.30. The average Bonchev–Trinajstić information content (AvgIpc) is 2.42. The van der Waals surface area contributed by atoms with Crippen LogP contribution in [0.5, 0.6) is 5.75 Å². The Hall–Kier alpha value is -1.50. The van der Waals surface area contributed by atoms with Gasteiger partial charge in [-0.15, -0.1) is 0 Å². The van der Waals surface area contributed by atoms with E-state index < -0.39 is 10.0 Å². The van der Waals surface area contributed by atoms with Crippen LogP contribution < -0.4 is 4.72 Å². The highest BCUT2D eigenvalue weighted by atomic mass is 32.2. The monoisotopic (exact) mass is 309 g/mol. The van der Waals surface area contributed by atoms with Gasteiger partial charge in [0.2, 0.25) is 10.0 Å². The molecule has 0 heterocycles. The molecular weight excluding hydrogens is 294 g/mol. The highest BCUT2D eigenvalue weighted by molar-refractivity contribution is 8.00. The van der Waals surface area contributed by atoms with Crippen LogP contribution in [0.15, 0.2) is 63.2 Å². The molecule has 106 valence electrons. The Kier molecular flexibility index (Phi) is 4.69. The van der Waals surface area contributed by atoms with Crippen molar-refractivity contribution in [2.24, 2.45) is 0 Å². The minimum absolute atomic E-state index is 0.133. The molecule has 2 rings (SSSR count). The van der Waals surface area contributed by atoms with Crippen molar-refractivity contribution >= 4 is 21.8 Å². The molecule has 2 aromatic carbocycles. The van der Waals surface area contributed by atoms with Crippen molar-refractivity contribution in [2.75, 3.05) is 6.54 Å². The topological polar surface area (TPSA) is 66.4 Å². The van der Waals surface area contributed by atoms with Crippen molar-refractivity contribution in [3.8, 4) is 5.75 Å². The van der Waals surface area contributed by atoms with E-state index in [4.69, 9.17) is 0 Å². The van der Waals surface area contributed by atoms with Crippen molar-refractivity contribution in [3.05, 3.63) is 48.5 Å². The van der Waals surface area contributed by atoms with Gasteiger partial charge in [0.15, 0.2) is 0 Å². The molecule has 0 aromatic heterocycles. The molecule has 0 aliphatic rings. The molecule has 0 unspecified atom stereocenters. The third kappa shape index (κ3) is 3.33. The average molecular weight is 309 g/mol. The van der Waals surface area contributed by atoms with Gasteiger partial charge in [-0.2, -0.15) is 0 Å². The molecule has 0 radical (unpaired) electrons. The molecule has 0 bridgehead atoms. The van der Waals surface area contributed by atoms with Crippen LogP contribution in [-0.4, -0.2) is 20.1 Å². The summed E-state index contributed by atoms with van der Waals surface area (Å²) in [5, 5.41) is 9.78. The molecule has 0 atom stereocenters. The molecule has 0 saturated carbocycles. The Labute approximate surface area is 122 Å². The third-order valence-corrected chi connectivity index (χ3v) is 5.43. The lowest BCUT2D eigenvalue weighted by atomic mass is 10.3. The van der Waals surface area contributed by atoms with E-state index in [0.717, 1.165) is 0 Å². The SMILES string of the molecule is CCNS(=O)(=O)c1ccccc1Sc1ccccc1O. The lowest BCUT2D eigenvalue weighted by molar-refractivity contribution is 0.462. The number of hydrogen-bond acceptors (Lipinski definition) is 4. The van der Waals surface area contributed by atoms with E-state index in [2.05, 4.69) is 4.72 Å². The summed E-state index contributed by atoms with van der Waals surface area (Å²) in [6.07, 6.45) is 0. The molecule has 2 N–H and O–H groups in total. The summed E-state index contributed by atoms with van der Waals surface area (Å²) in [5.74, 6) is 0.133. The van der Waals surface area contributed by atoms with Crippen LogP contribution in [0.4, 0.5) is 0 Å². The Bertz CT molecular complexity index is 699. The summed E-state index contributed by atoms with van der Waals surface area (Å²) in [6.45, 7) is 2.06. The molecule has 0 saturated heterocycles. The van der Waals surface area contributed by atoms with Gasteiger partial charge >= 0.3 is 0 Å². The quantitative estimate of drug-likeness (QED) is 0.891. The van der Waals surface area contributed by atoms with Crippen molar-refractivity contribution in [3.63, 3.8) is 0 Å². The van der Waals surface area contributed by atoms with Gasteiger partial charge in [-0.25, -0.2) is 13.1 Å². The van der Waals surface area contributed by atoms with E-state index in [1.54, 1.807) is 55.5 Å². The first-order chi connectivity index (χ1) is 9.54. The lowest BCUT2D eigenvalue weighted by Crippen LogP contribution is -2.23. The maximum Gasteiger partial charge on any atom is 0.241 e. The van der Waals surface area contributed by atoms with E-state index in [1.807, 2.05) is 0 Å². The van der Waals surface area contributed by atoms with Crippen molar-refractivity contribution in [1.82, 2.24) is 4.72 Å². The minimum atomic E-state index is -3.53. The van der Waals surface area contributed by atoms with Gasteiger partial charge in [-0.3, -0.25) is 0 Å². The summed E-state index contributed by atoms with van der Waals surface area (Å²) in [6, 6.07) is 13.6. The number of phenolic OH excluding ortho intramolecular Hbond substituents is 1. The largest absolute Gasteiger partial charge is 0.507 e. The summed E-state index contributed by atoms with van der Waals surface area (Å²) >= 11 is 1.22. The predicted molar refractivity (Wildman–Crippen MR) is 79.5 cm³/mol. The molecule has 2 aromatic rings. The fraction of sp³-hybridized carbons (Fsp3) is 0.143. The Morgan fingerprint density at radius 3 is 2.30 bits per heavy atom. The number of nitrogens with one attached hydrogen (secondary N) is 1. The second-order valence-electron chi connectivity index (χ2n) is 4.02. The number of phenols is 1. The first-order valence-electron chi connectivity index (χ1n) is 6.09. The van der Waals surface area contributed by atoms with Gasteiger partial charge in [0.1, 0.15) is 5.75 Å². The second-order valence-corrected chi connectivity index (χ2v) is 6.84. The van der Waals surface area contributed by atoms with Gasteiger partial charge in [0, 0.05) is 11.4 Å². The van der Waals surface area contributed by atoms with Crippen LogP contribution in [-0.2, 0) is 10.0 Å². The predicted octanol–water partition coefficient (Wildman–Crippen LogP) is 2.84. The van der Waals surface area contributed by atoms with E-state index in [1.165, 1.54) is 11.8 Å². The van der Waals surface area contributed by atoms with Gasteiger partial charge in [-0.1, -0.05) is 43.0 Å². The Morgan fingerprint density at radius 1 is 1.05 bits per heavy atom. The van der Waals surface area contributed by atoms with E-state index >= 15 is 0 Å². The number of hydrogen-bond donors (Lipinski definition) is 2. The number of para-hydroxylation sites is 1. The lowest BCUT2D eigenvalue weighted by Gasteiger charge is -2.10. The standard InChI is InChI=1S/C14H15NO3S2/c1-2-15-20(17,18)14-10-6-5-9-13(14)19-12-8-4-3-7-11(12)16/h3-10,15-16H,2H2,1H3. The normalized spacial score (nSPS) is 11.4. The number of aromatic hydroxyl groups is 1. The summed E-state index contributed by atoms with van der Waals surface area (Å²) in [4.78, 5) is 1.41. The van der Waals surface area contributed by atoms with Crippen LogP contribution in [0.25, 0.3) is 0 Å². The minimum Gasteiger partial charge on any atom is -0.507 e. The molecule has 0 fully saturated rings. The van der Waals surface area contributed by atoms with E-state index in [-0.39, 0.29) is 10.6 Å². The molecule has 0 aliphatic carbocycles. The fourth-order valence-corrected chi connectivity index (χ4v) is 4.14. The van der Waals surface area contributed by atoms with Crippen LogP contribution in [0.2, 0.25) is 0 Å². The highest BCUT2D eigenvalue weighted by Gasteiger charge is 2.18. The van der Waals surface area contributed by atoms with Crippen LogP contribution in [0.3, 0.4) is 0 Å². The fourth-order valence-electron chi connectivity index (χ4n) is 1.69. The van der Waals surface area contributed by atoms with Crippen LogP contribution >= 0.6 is 11.8 Å². The first-order valence-corrected chi connectivity index (χ1v) is 8.39. The van der Waals surface area contributed by atoms with Crippen LogP contribution in [0, 0.1) is 0 Å². The molecule has 6 heteroatoms. The molecule has 0 aliphatic heterocycles. The summed E-state index contributed by atoms with van der Waals surface area (Å²) in [7, 11) is -3.53. The third-order valence-electron chi connectivity index (χ3n) is 2.56. The molecule has 4 nitrogen and oxygen atoms in total. The molecule has 0 amide bonds. The highest BCUT2D eigenvalue weighted by Crippen LogP contribution is 2.37. The van der Waals surface area contributed by atoms with Crippen molar-refractivity contribution in [1.29, 1.82) is 0 Å². The Morgan fingerprint density at radius 2 is 1.65 bits per heavy atom. The maximum absolute atomic E-state index is 12.1. The molecule has 0 spiro atoms. The molecular formula is C14H15NO3S2.